The van der Waals surface area contributed by atoms with E-state index in [-0.39, 0.29) is 12.5 Å². The molecule has 0 bridgehead atoms. The summed E-state index contributed by atoms with van der Waals surface area (Å²) in [5, 5.41) is 5.57. The van der Waals surface area contributed by atoms with Gasteiger partial charge in [0.1, 0.15) is 5.82 Å². The van der Waals surface area contributed by atoms with Crippen LogP contribution in [0.3, 0.4) is 0 Å². The summed E-state index contributed by atoms with van der Waals surface area (Å²) in [6.07, 6.45) is 0. The van der Waals surface area contributed by atoms with Gasteiger partial charge in [0, 0.05) is 25.4 Å². The minimum absolute atomic E-state index is 0.129. The quantitative estimate of drug-likeness (QED) is 0.287. The predicted molar refractivity (Wildman–Crippen MR) is 68.0 cm³/mol. The molecule has 0 spiro atoms. The number of hydrogen-bond acceptors (Lipinski definition) is 7. The summed E-state index contributed by atoms with van der Waals surface area (Å²) < 4.78 is 4.82. The summed E-state index contributed by atoms with van der Waals surface area (Å²) in [5.41, 5.74) is 3.11. The van der Waals surface area contributed by atoms with Crippen molar-refractivity contribution in [1.82, 2.24) is 15.3 Å². The van der Waals surface area contributed by atoms with E-state index in [0.29, 0.717) is 24.9 Å². The van der Waals surface area contributed by atoms with Crippen LogP contribution in [0.1, 0.15) is 5.69 Å². The molecule has 0 radical (unpaired) electrons. The first kappa shape index (κ1) is 14.1. The Bertz CT molecular complexity index is 398. The van der Waals surface area contributed by atoms with Gasteiger partial charge in [-0.15, -0.1) is 0 Å². The highest BCUT2D eigenvalue weighted by molar-refractivity contribution is 5.80. The van der Waals surface area contributed by atoms with Crippen LogP contribution in [0.25, 0.3) is 0 Å². The number of amides is 1. The number of nitrogens with one attached hydrogen (secondary N) is 3. The number of ether oxygens (including phenoxy) is 1. The number of hydrazine groups is 1. The third-order valence-corrected chi connectivity index (χ3v) is 2.04. The Kier molecular flexibility index (Phi) is 5.81. The van der Waals surface area contributed by atoms with Crippen molar-refractivity contribution in [2.24, 2.45) is 5.84 Å². The highest BCUT2D eigenvalue weighted by Gasteiger charge is 2.03. The zero-order valence-corrected chi connectivity index (χ0v) is 10.5. The minimum Gasteiger partial charge on any atom is -0.383 e. The Balaban J connectivity index is 2.43. The van der Waals surface area contributed by atoms with Crippen molar-refractivity contribution in [3.8, 4) is 0 Å². The number of hydrogen-bond donors (Lipinski definition) is 4. The normalized spacial score (nSPS) is 9.94. The zero-order chi connectivity index (χ0) is 13.4. The first-order valence-electron chi connectivity index (χ1n) is 5.47. The number of aryl methyl sites for hydroxylation is 1. The summed E-state index contributed by atoms with van der Waals surface area (Å²) in [4.78, 5) is 19.5. The Morgan fingerprint density at radius 1 is 1.50 bits per heavy atom. The summed E-state index contributed by atoms with van der Waals surface area (Å²) in [6.45, 7) is 2.91. The molecule has 8 heteroatoms. The maximum absolute atomic E-state index is 11.4. The topological polar surface area (TPSA) is 114 Å². The van der Waals surface area contributed by atoms with E-state index in [9.17, 15) is 4.79 Å². The SMILES string of the molecule is COCCNC(=O)CNc1cc(C)nc(NN)n1. The van der Waals surface area contributed by atoms with Gasteiger partial charge >= 0.3 is 0 Å². The molecule has 0 aliphatic heterocycles. The predicted octanol–water partition coefficient (Wildman–Crippen LogP) is -0.755. The standard InChI is InChI=1S/C10H18N6O2/c1-7-5-8(15-10(14-7)16-11)13-6-9(17)12-3-4-18-2/h5H,3-4,6,11H2,1-2H3,(H,12,17)(H2,13,14,15,16). The average molecular weight is 254 g/mol. The molecule has 0 fully saturated rings. The number of rotatable bonds is 7. The molecule has 100 valence electrons. The molecule has 1 heterocycles. The molecule has 1 rings (SSSR count). The van der Waals surface area contributed by atoms with E-state index >= 15 is 0 Å². The smallest absolute Gasteiger partial charge is 0.239 e. The summed E-state index contributed by atoms with van der Waals surface area (Å²) in [7, 11) is 1.58. The molecule has 0 aliphatic rings. The second-order valence-electron chi connectivity index (χ2n) is 3.56. The van der Waals surface area contributed by atoms with Gasteiger partial charge in [-0.25, -0.2) is 10.8 Å². The van der Waals surface area contributed by atoms with Crippen LogP contribution in [0.2, 0.25) is 0 Å². The molecular formula is C10H18N6O2. The van der Waals surface area contributed by atoms with Crippen molar-refractivity contribution in [2.75, 3.05) is 37.5 Å². The first-order chi connectivity index (χ1) is 8.65. The lowest BCUT2D eigenvalue weighted by molar-refractivity contribution is -0.119. The zero-order valence-electron chi connectivity index (χ0n) is 10.5. The van der Waals surface area contributed by atoms with Gasteiger partial charge in [-0.3, -0.25) is 10.2 Å². The molecule has 0 unspecified atom stereocenters. The van der Waals surface area contributed by atoms with Crippen molar-refractivity contribution < 1.29 is 9.53 Å². The Labute approximate surface area is 105 Å². The van der Waals surface area contributed by atoms with E-state index in [1.54, 1.807) is 13.2 Å². The molecule has 8 nitrogen and oxygen atoms in total. The lowest BCUT2D eigenvalue weighted by Gasteiger charge is -2.08. The van der Waals surface area contributed by atoms with Crippen LogP contribution in [0, 0.1) is 6.92 Å². The van der Waals surface area contributed by atoms with Gasteiger partial charge in [-0.05, 0) is 6.92 Å². The lowest BCUT2D eigenvalue weighted by atomic mass is 10.4. The van der Waals surface area contributed by atoms with Gasteiger partial charge in [0.05, 0.1) is 13.2 Å². The van der Waals surface area contributed by atoms with Crippen LogP contribution in [0.5, 0.6) is 0 Å². The largest absolute Gasteiger partial charge is 0.383 e. The van der Waals surface area contributed by atoms with Crippen LogP contribution >= 0.6 is 0 Å². The molecule has 0 atom stereocenters. The van der Waals surface area contributed by atoms with Gasteiger partial charge in [0.25, 0.3) is 0 Å². The summed E-state index contributed by atoms with van der Waals surface area (Å²) >= 11 is 0. The van der Waals surface area contributed by atoms with Gasteiger partial charge in [0.2, 0.25) is 11.9 Å². The number of nitrogens with zero attached hydrogens (tertiary/aromatic N) is 2. The van der Waals surface area contributed by atoms with E-state index in [2.05, 4.69) is 26.0 Å². The number of nitrogen functional groups attached to an aromatic ring is 1. The molecule has 1 aromatic heterocycles. The molecule has 1 amide bonds. The van der Waals surface area contributed by atoms with Crippen molar-refractivity contribution in [2.45, 2.75) is 6.92 Å². The average Bonchev–Trinajstić information content (AvgIpc) is 2.36. The Hall–Kier alpha value is -1.93. The molecule has 1 aromatic rings. The Morgan fingerprint density at radius 3 is 2.94 bits per heavy atom. The molecule has 0 saturated heterocycles. The van der Waals surface area contributed by atoms with Crippen LogP contribution in [0.15, 0.2) is 6.07 Å². The number of carbonyl (C=O) groups excluding carboxylic acids is 1. The molecular weight excluding hydrogens is 236 g/mol. The van der Waals surface area contributed by atoms with E-state index in [1.807, 2.05) is 6.92 Å². The fourth-order valence-corrected chi connectivity index (χ4v) is 1.25. The summed E-state index contributed by atoms with van der Waals surface area (Å²) in [5.74, 6) is 5.94. The molecule has 0 aliphatic carbocycles. The van der Waals surface area contributed by atoms with Crippen LogP contribution in [-0.4, -0.2) is 42.7 Å². The second-order valence-corrected chi connectivity index (χ2v) is 3.56. The molecule has 0 saturated carbocycles. The third-order valence-electron chi connectivity index (χ3n) is 2.04. The van der Waals surface area contributed by atoms with Crippen molar-refractivity contribution in [3.05, 3.63) is 11.8 Å². The molecule has 18 heavy (non-hydrogen) atoms. The number of nitrogens with two attached hydrogens (primary N) is 1. The second kappa shape index (κ2) is 7.41. The maximum atomic E-state index is 11.4. The maximum Gasteiger partial charge on any atom is 0.239 e. The fraction of sp³-hybridized carbons (Fsp3) is 0.500. The lowest BCUT2D eigenvalue weighted by Crippen LogP contribution is -2.32. The minimum atomic E-state index is -0.134. The monoisotopic (exact) mass is 254 g/mol. The van der Waals surface area contributed by atoms with E-state index in [1.165, 1.54) is 0 Å². The van der Waals surface area contributed by atoms with Gasteiger partial charge in [0.15, 0.2) is 0 Å². The Morgan fingerprint density at radius 2 is 2.28 bits per heavy atom. The van der Waals surface area contributed by atoms with Gasteiger partial charge in [-0.1, -0.05) is 0 Å². The number of methoxy groups -OCH3 is 1. The van der Waals surface area contributed by atoms with Crippen molar-refractivity contribution >= 4 is 17.7 Å². The third kappa shape index (κ3) is 4.93. The van der Waals surface area contributed by atoms with Gasteiger partial charge in [-0.2, -0.15) is 4.98 Å². The van der Waals surface area contributed by atoms with Crippen LogP contribution in [-0.2, 0) is 9.53 Å². The molecule has 0 aromatic carbocycles. The molecule has 5 N–H and O–H groups in total. The van der Waals surface area contributed by atoms with E-state index < -0.39 is 0 Å². The number of carbonyl (C=O) groups is 1. The number of aromatic nitrogens is 2. The van der Waals surface area contributed by atoms with Crippen LogP contribution in [0.4, 0.5) is 11.8 Å². The highest BCUT2D eigenvalue weighted by Crippen LogP contribution is 2.07. The van der Waals surface area contributed by atoms with Crippen molar-refractivity contribution in [1.29, 1.82) is 0 Å². The fourth-order valence-electron chi connectivity index (χ4n) is 1.25. The number of anilines is 2. The van der Waals surface area contributed by atoms with E-state index in [4.69, 9.17) is 10.6 Å². The van der Waals surface area contributed by atoms with E-state index in [0.717, 1.165) is 5.69 Å². The van der Waals surface area contributed by atoms with Gasteiger partial charge < -0.3 is 15.4 Å². The van der Waals surface area contributed by atoms with Crippen LogP contribution < -0.4 is 21.9 Å². The van der Waals surface area contributed by atoms with Crippen molar-refractivity contribution in [3.63, 3.8) is 0 Å². The summed E-state index contributed by atoms with van der Waals surface area (Å²) in [6, 6.07) is 1.73. The first-order valence-corrected chi connectivity index (χ1v) is 5.47. The highest BCUT2D eigenvalue weighted by atomic mass is 16.5.